The smallest absolute Gasteiger partial charge is 0.352 e. The van der Waals surface area contributed by atoms with Gasteiger partial charge in [0.1, 0.15) is 11.3 Å². The molecule has 0 N–H and O–H groups in total. The van der Waals surface area contributed by atoms with Gasteiger partial charge in [0.15, 0.2) is 0 Å². The number of ether oxygens (including phenoxy) is 2. The number of rotatable bonds is 8. The summed E-state index contributed by atoms with van der Waals surface area (Å²) in [7, 11) is 1.72. The lowest BCUT2D eigenvalue weighted by Gasteiger charge is -2.28. The number of nitrogens with zero attached hydrogens (tertiary/aromatic N) is 6. The Morgan fingerprint density at radius 3 is 2.70 bits per heavy atom. The normalized spacial score (nSPS) is 19.7. The summed E-state index contributed by atoms with van der Waals surface area (Å²) in [5.74, 6) is 0.0478. The van der Waals surface area contributed by atoms with E-state index in [1.54, 1.807) is 31.1 Å². The third kappa shape index (κ3) is 4.92. The highest BCUT2D eigenvalue weighted by Crippen LogP contribution is 2.37. The van der Waals surface area contributed by atoms with Crippen molar-refractivity contribution in [3.63, 3.8) is 0 Å². The molecule has 0 spiro atoms. The maximum absolute atomic E-state index is 11.8. The second-order valence-corrected chi connectivity index (χ2v) is 9.27. The molecule has 10 nitrogen and oxygen atoms in total. The number of hydrogen-bond acceptors (Lipinski definition) is 7. The van der Waals surface area contributed by atoms with Crippen LogP contribution in [0.25, 0.3) is 11.0 Å². The van der Waals surface area contributed by atoms with Crippen LogP contribution >= 0.6 is 23.2 Å². The molecule has 12 heteroatoms. The monoisotopic (exact) mass is 496 g/mol. The summed E-state index contributed by atoms with van der Waals surface area (Å²) in [6.07, 6.45) is 7.13. The van der Waals surface area contributed by atoms with Gasteiger partial charge in [-0.1, -0.05) is 18.5 Å². The van der Waals surface area contributed by atoms with E-state index in [1.165, 1.54) is 0 Å². The Bertz CT molecular complexity index is 1160. The zero-order valence-corrected chi connectivity index (χ0v) is 20.2. The molecule has 1 fully saturated rings. The van der Waals surface area contributed by atoms with Gasteiger partial charge in [-0.2, -0.15) is 4.98 Å². The summed E-state index contributed by atoms with van der Waals surface area (Å²) in [5.41, 5.74) is 1.06. The fourth-order valence-electron chi connectivity index (χ4n) is 4.43. The van der Waals surface area contributed by atoms with Crippen LogP contribution < -0.4 is 4.74 Å². The minimum Gasteiger partial charge on any atom is -0.471 e. The molecule has 3 heterocycles. The highest BCUT2D eigenvalue weighted by molar-refractivity contribution is 6.35. The molecule has 0 amide bonds. The second kappa shape index (κ2) is 9.82. The summed E-state index contributed by atoms with van der Waals surface area (Å²) < 4.78 is 14.9. The average molecular weight is 497 g/mol. The third-order valence-corrected chi connectivity index (χ3v) is 6.63. The molecular formula is C21H26Cl2N6O4. The van der Waals surface area contributed by atoms with Crippen LogP contribution in [0.3, 0.4) is 0 Å². The first-order chi connectivity index (χ1) is 15.8. The Morgan fingerprint density at radius 2 is 2.03 bits per heavy atom. The van der Waals surface area contributed by atoms with Gasteiger partial charge in [-0.15, -0.1) is 5.10 Å². The molecule has 1 aliphatic rings. The lowest BCUT2D eigenvalue weighted by Crippen LogP contribution is -2.24. The van der Waals surface area contributed by atoms with Gasteiger partial charge in [0.05, 0.1) is 34.1 Å². The zero-order chi connectivity index (χ0) is 23.7. The first-order valence-electron chi connectivity index (χ1n) is 10.8. The molecule has 3 aromatic rings. The van der Waals surface area contributed by atoms with Gasteiger partial charge in [0, 0.05) is 32.0 Å². The summed E-state index contributed by atoms with van der Waals surface area (Å²) in [6, 6.07) is 0.0997. The van der Waals surface area contributed by atoms with Gasteiger partial charge in [-0.05, 0) is 44.2 Å². The summed E-state index contributed by atoms with van der Waals surface area (Å²) in [4.78, 5) is 19.6. The van der Waals surface area contributed by atoms with Crippen molar-refractivity contribution >= 4 is 39.9 Å². The van der Waals surface area contributed by atoms with Crippen LogP contribution in [0.5, 0.6) is 5.88 Å². The van der Waals surface area contributed by atoms with Crippen molar-refractivity contribution in [1.82, 2.24) is 24.3 Å². The van der Waals surface area contributed by atoms with Crippen LogP contribution in [0.2, 0.25) is 10.3 Å². The fraction of sp³-hybridized carbons (Fsp3) is 0.571. The Kier molecular flexibility index (Phi) is 7.06. The van der Waals surface area contributed by atoms with Crippen LogP contribution in [0.1, 0.15) is 44.3 Å². The van der Waals surface area contributed by atoms with E-state index < -0.39 is 4.92 Å². The maximum atomic E-state index is 11.8. The van der Waals surface area contributed by atoms with Crippen molar-refractivity contribution < 1.29 is 14.4 Å². The molecule has 1 atom stereocenters. The molecule has 33 heavy (non-hydrogen) atoms. The number of fused-ring (bicyclic) bond motifs is 1. The molecule has 0 aromatic carbocycles. The van der Waals surface area contributed by atoms with Crippen molar-refractivity contribution in [2.75, 3.05) is 13.7 Å². The molecule has 0 radical (unpaired) electrons. The predicted molar refractivity (Wildman–Crippen MR) is 124 cm³/mol. The quantitative estimate of drug-likeness (QED) is 0.245. The third-order valence-electron chi connectivity index (χ3n) is 6.14. The fourth-order valence-corrected chi connectivity index (χ4v) is 4.81. The minimum atomic E-state index is -0.419. The molecule has 0 aliphatic heterocycles. The van der Waals surface area contributed by atoms with Gasteiger partial charge in [-0.3, -0.25) is 14.8 Å². The Labute approximate surface area is 200 Å². The van der Waals surface area contributed by atoms with Crippen LogP contribution in [0, 0.1) is 23.0 Å². The maximum Gasteiger partial charge on any atom is 0.352 e. The molecule has 0 unspecified atom stereocenters. The lowest BCUT2D eigenvalue weighted by atomic mass is 9.93. The summed E-state index contributed by atoms with van der Waals surface area (Å²) in [5, 5.41) is 17.6. The van der Waals surface area contributed by atoms with Gasteiger partial charge in [0.2, 0.25) is 5.28 Å². The Hall–Kier alpha value is -2.43. The number of nitro groups is 1. The van der Waals surface area contributed by atoms with E-state index in [9.17, 15) is 10.1 Å². The van der Waals surface area contributed by atoms with E-state index in [-0.39, 0.29) is 41.5 Å². The Balaban J connectivity index is 1.48. The topological polar surface area (TPSA) is 110 Å². The molecule has 4 rings (SSSR count). The molecule has 3 aromatic heterocycles. The van der Waals surface area contributed by atoms with Gasteiger partial charge >= 0.3 is 11.6 Å². The van der Waals surface area contributed by atoms with Crippen LogP contribution in [-0.4, -0.2) is 49.1 Å². The SMILES string of the molecule is COC1CCC(n2nc(OC[C@H](C)Cn3cc(Cl)c4cnc(Cl)nc43)c([N+](=O)[O-])c2C)CC1. The Morgan fingerprint density at radius 1 is 1.30 bits per heavy atom. The van der Waals surface area contributed by atoms with Crippen molar-refractivity contribution in [1.29, 1.82) is 0 Å². The van der Waals surface area contributed by atoms with Crippen LogP contribution in [0.4, 0.5) is 5.69 Å². The summed E-state index contributed by atoms with van der Waals surface area (Å²) in [6.45, 7) is 4.47. The first kappa shape index (κ1) is 23.7. The van der Waals surface area contributed by atoms with Crippen molar-refractivity contribution in [3.05, 3.63) is 38.5 Å². The highest BCUT2D eigenvalue weighted by Gasteiger charge is 2.32. The van der Waals surface area contributed by atoms with E-state index >= 15 is 0 Å². The molecule has 178 valence electrons. The molecule has 0 saturated heterocycles. The zero-order valence-electron chi connectivity index (χ0n) is 18.7. The van der Waals surface area contributed by atoms with E-state index in [0.717, 1.165) is 25.7 Å². The number of methoxy groups -OCH3 is 1. The number of hydrogen-bond donors (Lipinski definition) is 0. The molecular weight excluding hydrogens is 471 g/mol. The highest BCUT2D eigenvalue weighted by atomic mass is 35.5. The first-order valence-corrected chi connectivity index (χ1v) is 11.6. The largest absolute Gasteiger partial charge is 0.471 e. The van der Waals surface area contributed by atoms with E-state index in [1.807, 2.05) is 11.5 Å². The van der Waals surface area contributed by atoms with Crippen LogP contribution in [-0.2, 0) is 11.3 Å². The summed E-state index contributed by atoms with van der Waals surface area (Å²) >= 11 is 12.2. The average Bonchev–Trinajstić information content (AvgIpc) is 3.28. The van der Waals surface area contributed by atoms with E-state index in [2.05, 4.69) is 15.1 Å². The number of halogens is 2. The van der Waals surface area contributed by atoms with Crippen molar-refractivity contribution in [3.8, 4) is 5.88 Å². The van der Waals surface area contributed by atoms with Crippen molar-refractivity contribution in [2.45, 2.75) is 58.2 Å². The predicted octanol–water partition coefficient (Wildman–Crippen LogP) is 5.00. The second-order valence-electron chi connectivity index (χ2n) is 8.53. The van der Waals surface area contributed by atoms with Crippen molar-refractivity contribution in [2.24, 2.45) is 5.92 Å². The standard InChI is InChI=1S/C21H26Cl2N6O4/c1-12(9-27-10-17(22)16-8-24-21(23)25-19(16)27)11-33-20-18(29(30)31)13(2)28(26-20)14-4-6-15(32-3)7-5-14/h8,10,12,14-15H,4-7,9,11H2,1-3H3/t12-,14?,15?/m1/s1. The minimum absolute atomic E-state index is 0.00684. The van der Waals surface area contributed by atoms with Crippen LogP contribution in [0.15, 0.2) is 12.4 Å². The van der Waals surface area contributed by atoms with E-state index in [0.29, 0.717) is 28.3 Å². The van der Waals surface area contributed by atoms with Gasteiger partial charge in [-0.25, -0.2) is 4.98 Å². The molecule has 1 aliphatic carbocycles. The van der Waals surface area contributed by atoms with Gasteiger partial charge in [0.25, 0.3) is 0 Å². The van der Waals surface area contributed by atoms with Gasteiger partial charge < -0.3 is 14.0 Å². The number of aromatic nitrogens is 5. The molecule has 0 bridgehead atoms. The molecule has 1 saturated carbocycles. The van der Waals surface area contributed by atoms with E-state index in [4.69, 9.17) is 32.7 Å². The lowest BCUT2D eigenvalue weighted by molar-refractivity contribution is -0.386.